The Balaban J connectivity index is 2.34. The van der Waals surface area contributed by atoms with Crippen molar-refractivity contribution in [1.29, 1.82) is 0 Å². The number of hydrogen-bond acceptors (Lipinski definition) is 2. The molecule has 1 aromatic rings. The molecule has 5 heteroatoms. The van der Waals surface area contributed by atoms with E-state index in [1.165, 1.54) is 17.0 Å². The summed E-state index contributed by atoms with van der Waals surface area (Å²) in [6.45, 7) is 0.989. The van der Waals surface area contributed by atoms with Crippen LogP contribution >= 0.6 is 15.9 Å². The number of rotatable bonds is 1. The molecule has 15 heavy (non-hydrogen) atoms. The minimum atomic E-state index is -0.424. The maximum absolute atomic E-state index is 13.0. The molecule has 80 valence electrons. The minimum absolute atomic E-state index is 0.369. The first-order valence-corrected chi connectivity index (χ1v) is 5.37. The number of ether oxygens (including phenoxy) is 1. The average Bonchev–Trinajstić information content (AvgIpc) is 2.23. The summed E-state index contributed by atoms with van der Waals surface area (Å²) in [5, 5.41) is 0. The standard InChI is InChI=1S/C10H9BrFNO2/c11-8-3-2-7(12)6-9(8)13-4-1-5-15-10(13)14/h2-3,6H,1,4-5H2. The third-order valence-corrected chi connectivity index (χ3v) is 2.84. The van der Waals surface area contributed by atoms with Crippen molar-refractivity contribution in [3.8, 4) is 0 Å². The molecule has 0 saturated carbocycles. The first kappa shape index (κ1) is 10.4. The largest absolute Gasteiger partial charge is 0.449 e. The normalized spacial score (nSPS) is 16.4. The van der Waals surface area contributed by atoms with Crippen LogP contribution < -0.4 is 4.90 Å². The van der Waals surface area contributed by atoms with Gasteiger partial charge in [-0.2, -0.15) is 0 Å². The first-order valence-electron chi connectivity index (χ1n) is 4.58. The van der Waals surface area contributed by atoms with Crippen LogP contribution in [0.3, 0.4) is 0 Å². The van der Waals surface area contributed by atoms with Crippen molar-refractivity contribution in [3.05, 3.63) is 28.5 Å². The molecule has 2 rings (SSSR count). The van der Waals surface area contributed by atoms with Gasteiger partial charge in [0, 0.05) is 11.0 Å². The molecule has 1 heterocycles. The topological polar surface area (TPSA) is 29.5 Å². The van der Waals surface area contributed by atoms with Gasteiger partial charge < -0.3 is 4.74 Å². The highest BCUT2D eigenvalue weighted by Gasteiger charge is 2.23. The van der Waals surface area contributed by atoms with Gasteiger partial charge in [-0.05, 0) is 40.5 Å². The van der Waals surface area contributed by atoms with E-state index in [0.29, 0.717) is 23.3 Å². The van der Waals surface area contributed by atoms with Gasteiger partial charge >= 0.3 is 6.09 Å². The number of cyclic esters (lactones) is 1. The summed E-state index contributed by atoms with van der Waals surface area (Å²) in [6, 6.07) is 4.23. The zero-order valence-electron chi connectivity index (χ0n) is 7.87. The van der Waals surface area contributed by atoms with Crippen LogP contribution in [-0.2, 0) is 4.74 Å². The van der Waals surface area contributed by atoms with E-state index in [-0.39, 0.29) is 5.82 Å². The summed E-state index contributed by atoms with van der Waals surface area (Å²) < 4.78 is 18.6. The number of hydrogen-bond donors (Lipinski definition) is 0. The molecule has 0 unspecified atom stereocenters. The Labute approximate surface area is 95.0 Å². The molecular weight excluding hydrogens is 265 g/mol. The highest BCUT2D eigenvalue weighted by molar-refractivity contribution is 9.10. The van der Waals surface area contributed by atoms with Crippen LogP contribution in [0.5, 0.6) is 0 Å². The molecule has 0 spiro atoms. The van der Waals surface area contributed by atoms with E-state index in [9.17, 15) is 9.18 Å². The van der Waals surface area contributed by atoms with Crippen molar-refractivity contribution in [3.63, 3.8) is 0 Å². The maximum atomic E-state index is 13.0. The van der Waals surface area contributed by atoms with Crippen molar-refractivity contribution in [2.75, 3.05) is 18.1 Å². The number of carbonyl (C=O) groups excluding carboxylic acids is 1. The minimum Gasteiger partial charge on any atom is -0.449 e. The van der Waals surface area contributed by atoms with Crippen molar-refractivity contribution in [2.45, 2.75) is 6.42 Å². The van der Waals surface area contributed by atoms with Gasteiger partial charge in [-0.15, -0.1) is 0 Å². The Hall–Kier alpha value is -1.10. The van der Waals surface area contributed by atoms with Gasteiger partial charge in [-0.1, -0.05) is 0 Å². The Morgan fingerprint density at radius 3 is 3.00 bits per heavy atom. The van der Waals surface area contributed by atoms with Gasteiger partial charge in [0.1, 0.15) is 5.82 Å². The molecule has 1 saturated heterocycles. The molecule has 1 fully saturated rings. The van der Waals surface area contributed by atoms with Crippen molar-refractivity contribution in [2.24, 2.45) is 0 Å². The maximum Gasteiger partial charge on any atom is 0.414 e. The van der Waals surface area contributed by atoms with Gasteiger partial charge in [0.15, 0.2) is 0 Å². The predicted octanol–water partition coefficient (Wildman–Crippen LogP) is 2.93. The third-order valence-electron chi connectivity index (χ3n) is 2.17. The van der Waals surface area contributed by atoms with E-state index >= 15 is 0 Å². The lowest BCUT2D eigenvalue weighted by molar-refractivity contribution is 0.140. The van der Waals surface area contributed by atoms with Gasteiger partial charge in [0.05, 0.1) is 12.3 Å². The van der Waals surface area contributed by atoms with Gasteiger partial charge in [0.25, 0.3) is 0 Å². The van der Waals surface area contributed by atoms with E-state index in [1.54, 1.807) is 6.07 Å². The fourth-order valence-electron chi connectivity index (χ4n) is 1.46. The van der Waals surface area contributed by atoms with E-state index in [0.717, 1.165) is 6.42 Å². The summed E-state index contributed by atoms with van der Waals surface area (Å²) in [5.74, 6) is -0.369. The lowest BCUT2D eigenvalue weighted by atomic mass is 10.2. The van der Waals surface area contributed by atoms with Crippen molar-refractivity contribution < 1.29 is 13.9 Å². The smallest absolute Gasteiger partial charge is 0.414 e. The van der Waals surface area contributed by atoms with Crippen LogP contribution in [0, 0.1) is 5.82 Å². The van der Waals surface area contributed by atoms with Gasteiger partial charge in [-0.25, -0.2) is 9.18 Å². The lowest BCUT2D eigenvalue weighted by Crippen LogP contribution is -2.37. The van der Waals surface area contributed by atoms with E-state index in [1.807, 2.05) is 0 Å². The van der Waals surface area contributed by atoms with Crippen LogP contribution in [0.1, 0.15) is 6.42 Å². The number of nitrogens with zero attached hydrogens (tertiary/aromatic N) is 1. The molecule has 1 aromatic carbocycles. The van der Waals surface area contributed by atoms with Crippen molar-refractivity contribution >= 4 is 27.7 Å². The molecule has 0 N–H and O–H groups in total. The molecule has 0 aliphatic carbocycles. The molecule has 0 aromatic heterocycles. The summed E-state index contributed by atoms with van der Waals surface area (Å²) in [7, 11) is 0. The fourth-order valence-corrected chi connectivity index (χ4v) is 1.92. The number of anilines is 1. The Morgan fingerprint density at radius 2 is 2.27 bits per heavy atom. The zero-order valence-corrected chi connectivity index (χ0v) is 9.46. The van der Waals surface area contributed by atoms with Crippen LogP contribution in [0.25, 0.3) is 0 Å². The van der Waals surface area contributed by atoms with Gasteiger partial charge in [-0.3, -0.25) is 4.90 Å². The Kier molecular flexibility index (Phi) is 2.90. The molecular formula is C10H9BrFNO2. The average molecular weight is 274 g/mol. The first-order chi connectivity index (χ1) is 7.18. The molecule has 1 aliphatic rings. The summed E-state index contributed by atoms with van der Waals surface area (Å²) in [6.07, 6.45) is 0.335. The second-order valence-corrected chi connectivity index (χ2v) is 4.07. The zero-order chi connectivity index (χ0) is 10.8. The summed E-state index contributed by atoms with van der Waals surface area (Å²) in [4.78, 5) is 12.8. The van der Waals surface area contributed by atoms with Crippen LogP contribution in [0.2, 0.25) is 0 Å². The van der Waals surface area contributed by atoms with Crippen molar-refractivity contribution in [1.82, 2.24) is 0 Å². The molecule has 0 atom stereocenters. The Morgan fingerprint density at radius 1 is 1.47 bits per heavy atom. The van der Waals surface area contributed by atoms with Crippen LogP contribution in [0.4, 0.5) is 14.9 Å². The number of halogens is 2. The molecule has 1 aliphatic heterocycles. The number of amides is 1. The molecule has 3 nitrogen and oxygen atoms in total. The summed E-state index contributed by atoms with van der Waals surface area (Å²) >= 11 is 3.28. The summed E-state index contributed by atoms with van der Waals surface area (Å²) in [5.41, 5.74) is 0.514. The molecule has 1 amide bonds. The second-order valence-electron chi connectivity index (χ2n) is 3.22. The highest BCUT2D eigenvalue weighted by atomic mass is 79.9. The number of benzene rings is 1. The quantitative estimate of drug-likeness (QED) is 0.788. The van der Waals surface area contributed by atoms with Crippen LogP contribution in [0.15, 0.2) is 22.7 Å². The van der Waals surface area contributed by atoms with E-state index in [4.69, 9.17) is 4.74 Å². The van der Waals surface area contributed by atoms with Gasteiger partial charge in [0.2, 0.25) is 0 Å². The SMILES string of the molecule is O=C1OCCCN1c1cc(F)ccc1Br. The predicted molar refractivity (Wildman–Crippen MR) is 57.4 cm³/mol. The lowest BCUT2D eigenvalue weighted by Gasteiger charge is -2.27. The van der Waals surface area contributed by atoms with Crippen LogP contribution in [-0.4, -0.2) is 19.2 Å². The second kappa shape index (κ2) is 4.18. The van der Waals surface area contributed by atoms with E-state index in [2.05, 4.69) is 15.9 Å². The Bertz CT molecular complexity index is 397. The third kappa shape index (κ3) is 2.12. The van der Waals surface area contributed by atoms with E-state index < -0.39 is 6.09 Å². The fraction of sp³-hybridized carbons (Fsp3) is 0.300. The highest BCUT2D eigenvalue weighted by Crippen LogP contribution is 2.28. The molecule has 0 bridgehead atoms. The monoisotopic (exact) mass is 273 g/mol. The number of carbonyl (C=O) groups is 1. The molecule has 0 radical (unpaired) electrons.